The van der Waals surface area contributed by atoms with Gasteiger partial charge < -0.3 is 20.4 Å². The van der Waals surface area contributed by atoms with E-state index in [1.165, 1.54) is 0 Å². The molecule has 2 fully saturated rings. The van der Waals surface area contributed by atoms with E-state index in [4.69, 9.17) is 20.4 Å². The number of aliphatic hydroxyl groups is 4. The Morgan fingerprint density at radius 3 is 0.786 bits per heavy atom. The standard InChI is InChI=1S/2C5H10O2/c2*6-4-2-1-3-5(4)7/h2*4-7H,1-3H2/t2*4-,5+. The molecule has 0 heterocycles. The second-order valence-electron chi connectivity index (χ2n) is 4.13. The van der Waals surface area contributed by atoms with Crippen molar-refractivity contribution in [2.75, 3.05) is 0 Å². The van der Waals surface area contributed by atoms with Crippen LogP contribution in [0.5, 0.6) is 0 Å². The maximum atomic E-state index is 8.75. The van der Waals surface area contributed by atoms with Crippen LogP contribution in [0.15, 0.2) is 0 Å². The zero-order valence-corrected chi connectivity index (χ0v) is 8.34. The van der Waals surface area contributed by atoms with Gasteiger partial charge in [0, 0.05) is 0 Å². The topological polar surface area (TPSA) is 80.9 Å². The predicted octanol–water partition coefficient (Wildman–Crippen LogP) is -0.216. The van der Waals surface area contributed by atoms with E-state index in [0.717, 1.165) is 38.5 Å². The van der Waals surface area contributed by atoms with Crippen LogP contribution in [0, 0.1) is 0 Å². The van der Waals surface area contributed by atoms with Crippen molar-refractivity contribution < 1.29 is 20.4 Å². The van der Waals surface area contributed by atoms with Crippen LogP contribution in [0.2, 0.25) is 0 Å². The summed E-state index contributed by atoms with van der Waals surface area (Å²) in [6, 6.07) is 0. The third-order valence-electron chi connectivity index (χ3n) is 2.89. The largest absolute Gasteiger partial charge is 0.390 e. The van der Waals surface area contributed by atoms with Crippen molar-refractivity contribution >= 4 is 0 Å². The molecular formula is C10H20O4. The van der Waals surface area contributed by atoms with Crippen LogP contribution in [0.3, 0.4) is 0 Å². The summed E-state index contributed by atoms with van der Waals surface area (Å²) in [6.45, 7) is 0. The van der Waals surface area contributed by atoms with Gasteiger partial charge in [-0.15, -0.1) is 0 Å². The number of hydrogen-bond donors (Lipinski definition) is 4. The first-order valence-corrected chi connectivity index (χ1v) is 5.33. The minimum absolute atomic E-state index is 0.431. The quantitative estimate of drug-likeness (QED) is 0.440. The van der Waals surface area contributed by atoms with Crippen LogP contribution in [0.4, 0.5) is 0 Å². The van der Waals surface area contributed by atoms with Gasteiger partial charge in [-0.3, -0.25) is 0 Å². The lowest BCUT2D eigenvalue weighted by atomic mass is 10.3. The van der Waals surface area contributed by atoms with E-state index in [-0.39, 0.29) is 0 Å². The van der Waals surface area contributed by atoms with Crippen molar-refractivity contribution in [3.63, 3.8) is 0 Å². The zero-order chi connectivity index (χ0) is 10.6. The van der Waals surface area contributed by atoms with E-state index in [1.54, 1.807) is 0 Å². The molecule has 0 aliphatic heterocycles. The lowest BCUT2D eigenvalue weighted by Gasteiger charge is -2.03. The number of hydrogen-bond acceptors (Lipinski definition) is 4. The van der Waals surface area contributed by atoms with Crippen LogP contribution >= 0.6 is 0 Å². The molecule has 0 saturated heterocycles. The van der Waals surface area contributed by atoms with Crippen molar-refractivity contribution in [3.05, 3.63) is 0 Å². The van der Waals surface area contributed by atoms with Gasteiger partial charge in [0.2, 0.25) is 0 Å². The summed E-state index contributed by atoms with van der Waals surface area (Å²) in [7, 11) is 0. The second kappa shape index (κ2) is 5.66. The summed E-state index contributed by atoms with van der Waals surface area (Å²) in [6.07, 6.45) is 3.34. The average molecular weight is 204 g/mol. The summed E-state index contributed by atoms with van der Waals surface area (Å²) in [5, 5.41) is 35.0. The molecule has 0 radical (unpaired) electrons. The fourth-order valence-corrected chi connectivity index (χ4v) is 1.84. The first-order valence-electron chi connectivity index (χ1n) is 5.33. The summed E-state index contributed by atoms with van der Waals surface area (Å²) in [5.41, 5.74) is 0. The van der Waals surface area contributed by atoms with Gasteiger partial charge in [0.1, 0.15) is 0 Å². The summed E-state index contributed by atoms with van der Waals surface area (Å²) in [4.78, 5) is 0. The Balaban J connectivity index is 0.000000140. The molecule has 2 aliphatic carbocycles. The molecule has 4 atom stereocenters. The van der Waals surface area contributed by atoms with Crippen LogP contribution in [0.1, 0.15) is 38.5 Å². The van der Waals surface area contributed by atoms with E-state index >= 15 is 0 Å². The highest BCUT2D eigenvalue weighted by atomic mass is 16.3. The lowest BCUT2D eigenvalue weighted by molar-refractivity contribution is 0.0438. The Labute approximate surface area is 84.2 Å². The Kier molecular flexibility index (Phi) is 4.81. The van der Waals surface area contributed by atoms with Crippen molar-refractivity contribution in [1.82, 2.24) is 0 Å². The first kappa shape index (κ1) is 11.9. The van der Waals surface area contributed by atoms with Gasteiger partial charge in [-0.2, -0.15) is 0 Å². The zero-order valence-electron chi connectivity index (χ0n) is 8.34. The molecule has 2 saturated carbocycles. The van der Waals surface area contributed by atoms with E-state index in [1.807, 2.05) is 0 Å². The Bertz CT molecular complexity index is 128. The van der Waals surface area contributed by atoms with Crippen LogP contribution in [-0.2, 0) is 0 Å². The molecule has 0 aromatic heterocycles. The van der Waals surface area contributed by atoms with Gasteiger partial charge in [0.25, 0.3) is 0 Å². The maximum Gasteiger partial charge on any atom is 0.0799 e. The predicted molar refractivity (Wildman–Crippen MR) is 51.7 cm³/mol. The van der Waals surface area contributed by atoms with Gasteiger partial charge in [0.15, 0.2) is 0 Å². The summed E-state index contributed by atoms with van der Waals surface area (Å²) < 4.78 is 0. The van der Waals surface area contributed by atoms with Crippen molar-refractivity contribution in [2.24, 2.45) is 0 Å². The molecule has 2 rings (SSSR count). The Hall–Kier alpha value is -0.160. The molecule has 2 aliphatic rings. The molecule has 0 aromatic carbocycles. The smallest absolute Gasteiger partial charge is 0.0799 e. The molecule has 84 valence electrons. The molecule has 0 bridgehead atoms. The average Bonchev–Trinajstić information content (AvgIpc) is 2.67. The van der Waals surface area contributed by atoms with E-state index in [9.17, 15) is 0 Å². The minimum atomic E-state index is -0.431. The molecule has 14 heavy (non-hydrogen) atoms. The Morgan fingerprint density at radius 2 is 0.714 bits per heavy atom. The summed E-state index contributed by atoms with van der Waals surface area (Å²) in [5.74, 6) is 0. The highest BCUT2D eigenvalue weighted by molar-refractivity contribution is 4.74. The fraction of sp³-hybridized carbons (Fsp3) is 1.00. The third kappa shape index (κ3) is 3.53. The van der Waals surface area contributed by atoms with Gasteiger partial charge in [-0.25, -0.2) is 0 Å². The molecular weight excluding hydrogens is 184 g/mol. The van der Waals surface area contributed by atoms with Gasteiger partial charge in [-0.1, -0.05) is 0 Å². The van der Waals surface area contributed by atoms with E-state index in [0.29, 0.717) is 0 Å². The molecule has 4 N–H and O–H groups in total. The highest BCUT2D eigenvalue weighted by Gasteiger charge is 2.22. The number of aliphatic hydroxyl groups excluding tert-OH is 4. The SMILES string of the molecule is O[C@@H]1CCC[C@@H]1O.O[C@@H]1CCC[C@@H]1O. The molecule has 4 nitrogen and oxygen atoms in total. The van der Waals surface area contributed by atoms with Gasteiger partial charge >= 0.3 is 0 Å². The third-order valence-corrected chi connectivity index (χ3v) is 2.89. The molecule has 4 heteroatoms. The maximum absolute atomic E-state index is 8.75. The normalized spacial score (nSPS) is 42.0. The Morgan fingerprint density at radius 1 is 0.500 bits per heavy atom. The monoisotopic (exact) mass is 204 g/mol. The number of rotatable bonds is 0. The highest BCUT2D eigenvalue weighted by Crippen LogP contribution is 2.18. The second-order valence-corrected chi connectivity index (χ2v) is 4.13. The van der Waals surface area contributed by atoms with Crippen LogP contribution < -0.4 is 0 Å². The van der Waals surface area contributed by atoms with Crippen molar-refractivity contribution in [2.45, 2.75) is 62.9 Å². The molecule has 0 amide bonds. The summed E-state index contributed by atoms with van der Waals surface area (Å²) >= 11 is 0. The van der Waals surface area contributed by atoms with Gasteiger partial charge in [-0.05, 0) is 38.5 Å². The van der Waals surface area contributed by atoms with Gasteiger partial charge in [0.05, 0.1) is 24.4 Å². The molecule has 0 spiro atoms. The first-order chi connectivity index (χ1) is 6.61. The minimum Gasteiger partial charge on any atom is -0.390 e. The van der Waals surface area contributed by atoms with Crippen LogP contribution in [-0.4, -0.2) is 44.8 Å². The van der Waals surface area contributed by atoms with E-state index < -0.39 is 24.4 Å². The van der Waals surface area contributed by atoms with E-state index in [2.05, 4.69) is 0 Å². The lowest BCUT2D eigenvalue weighted by Crippen LogP contribution is -2.17. The molecule has 0 aromatic rings. The fourth-order valence-electron chi connectivity index (χ4n) is 1.84. The van der Waals surface area contributed by atoms with Crippen LogP contribution in [0.25, 0.3) is 0 Å². The van der Waals surface area contributed by atoms with Crippen molar-refractivity contribution in [1.29, 1.82) is 0 Å². The molecule has 0 unspecified atom stereocenters. The van der Waals surface area contributed by atoms with Crippen molar-refractivity contribution in [3.8, 4) is 0 Å².